The molecule has 0 radical (unpaired) electrons. The van der Waals surface area contributed by atoms with Crippen LogP contribution >= 0.6 is 0 Å². The highest BCUT2D eigenvalue weighted by Gasteiger charge is 2.29. The Balaban J connectivity index is 3.15. The van der Waals surface area contributed by atoms with Crippen molar-refractivity contribution in [2.75, 3.05) is 7.11 Å². The maximum Gasteiger partial charge on any atom is 0.162 e. The summed E-state index contributed by atoms with van der Waals surface area (Å²) in [5.41, 5.74) is 0.535. The number of rotatable bonds is 3. The van der Waals surface area contributed by atoms with Crippen molar-refractivity contribution in [1.29, 1.82) is 0 Å². The third-order valence-electron chi connectivity index (χ3n) is 2.44. The van der Waals surface area contributed by atoms with Crippen LogP contribution in [0.1, 0.15) is 39.5 Å². The van der Waals surface area contributed by atoms with E-state index >= 15 is 0 Å². The molecule has 1 atom stereocenters. The lowest BCUT2D eigenvalue weighted by Gasteiger charge is -2.26. The Hall–Kier alpha value is -1.03. The molecule has 0 fully saturated rings. The van der Waals surface area contributed by atoms with Crippen molar-refractivity contribution in [3.05, 3.63) is 11.9 Å². The molecular weight excluding hydrogens is 192 g/mol. The first-order valence-electron chi connectivity index (χ1n) is 5.19. The lowest BCUT2D eigenvalue weighted by atomic mass is 9.87. The molecule has 1 aromatic heterocycles. The minimum atomic E-state index is -0.574. The normalized spacial score (nSPS) is 14.0. The van der Waals surface area contributed by atoms with E-state index < -0.39 is 6.10 Å². The van der Waals surface area contributed by atoms with Gasteiger partial charge in [0.25, 0.3) is 0 Å². The number of aryl methyl sites for hydroxylation is 1. The molecule has 1 N–H and O–H groups in total. The van der Waals surface area contributed by atoms with Gasteiger partial charge >= 0.3 is 0 Å². The third kappa shape index (κ3) is 2.31. The van der Waals surface area contributed by atoms with Crippen LogP contribution in [0.3, 0.4) is 0 Å². The van der Waals surface area contributed by atoms with E-state index in [0.29, 0.717) is 5.75 Å². The molecule has 1 aromatic rings. The zero-order valence-electron chi connectivity index (χ0n) is 10.1. The van der Waals surface area contributed by atoms with Gasteiger partial charge in [0.15, 0.2) is 5.75 Å². The summed E-state index contributed by atoms with van der Waals surface area (Å²) in [7, 11) is 1.59. The van der Waals surface area contributed by atoms with E-state index in [0.717, 1.165) is 12.2 Å². The fourth-order valence-electron chi connectivity index (χ4n) is 1.47. The molecule has 1 unspecified atom stereocenters. The summed E-state index contributed by atoms with van der Waals surface area (Å²) >= 11 is 0. The standard InChI is InChI=1S/C11H20N2O2/c1-6-13-9(8(15-5)7-12-13)10(14)11(2,3)4/h7,10,14H,6H2,1-5H3. The van der Waals surface area contributed by atoms with Crippen LogP contribution in [0.25, 0.3) is 0 Å². The van der Waals surface area contributed by atoms with Crippen LogP contribution in [-0.2, 0) is 6.54 Å². The van der Waals surface area contributed by atoms with Gasteiger partial charge in [-0.2, -0.15) is 5.10 Å². The molecule has 15 heavy (non-hydrogen) atoms. The Morgan fingerprint density at radius 3 is 2.53 bits per heavy atom. The highest BCUT2D eigenvalue weighted by atomic mass is 16.5. The molecule has 0 aliphatic carbocycles. The minimum absolute atomic E-state index is 0.222. The molecule has 4 heteroatoms. The Morgan fingerprint density at radius 2 is 2.13 bits per heavy atom. The first kappa shape index (κ1) is 12.0. The van der Waals surface area contributed by atoms with Gasteiger partial charge in [0, 0.05) is 6.54 Å². The number of methoxy groups -OCH3 is 1. The highest BCUT2D eigenvalue weighted by molar-refractivity contribution is 5.28. The summed E-state index contributed by atoms with van der Waals surface area (Å²) in [6.45, 7) is 8.69. The van der Waals surface area contributed by atoms with Crippen molar-refractivity contribution in [1.82, 2.24) is 9.78 Å². The van der Waals surface area contributed by atoms with Gasteiger partial charge in [-0.05, 0) is 12.3 Å². The molecule has 1 heterocycles. The second kappa shape index (κ2) is 4.23. The number of aliphatic hydroxyl groups excluding tert-OH is 1. The molecule has 1 rings (SSSR count). The molecular formula is C11H20N2O2. The predicted molar refractivity (Wildman–Crippen MR) is 58.9 cm³/mol. The van der Waals surface area contributed by atoms with Crippen LogP contribution in [0.15, 0.2) is 6.20 Å². The average Bonchev–Trinajstić information content (AvgIpc) is 2.57. The highest BCUT2D eigenvalue weighted by Crippen LogP contribution is 2.36. The van der Waals surface area contributed by atoms with Crippen molar-refractivity contribution in [2.24, 2.45) is 5.41 Å². The summed E-state index contributed by atoms with van der Waals surface area (Å²) < 4.78 is 6.97. The Bertz CT molecular complexity index is 304. The van der Waals surface area contributed by atoms with Crippen LogP contribution in [0.2, 0.25) is 0 Å². The molecule has 0 saturated carbocycles. The minimum Gasteiger partial charge on any atom is -0.493 e. The smallest absolute Gasteiger partial charge is 0.162 e. The van der Waals surface area contributed by atoms with Gasteiger partial charge in [-0.15, -0.1) is 0 Å². The maximum atomic E-state index is 10.2. The van der Waals surface area contributed by atoms with Crippen LogP contribution < -0.4 is 4.74 Å². The molecule has 0 saturated heterocycles. The first-order chi connectivity index (χ1) is 6.91. The van der Waals surface area contributed by atoms with Crippen molar-refractivity contribution in [2.45, 2.75) is 40.3 Å². The van der Waals surface area contributed by atoms with E-state index in [4.69, 9.17) is 4.74 Å². The molecule has 4 nitrogen and oxygen atoms in total. The van der Waals surface area contributed by atoms with Crippen molar-refractivity contribution < 1.29 is 9.84 Å². The third-order valence-corrected chi connectivity index (χ3v) is 2.44. The largest absolute Gasteiger partial charge is 0.493 e. The van der Waals surface area contributed by atoms with Crippen molar-refractivity contribution in [3.8, 4) is 5.75 Å². The topological polar surface area (TPSA) is 47.3 Å². The van der Waals surface area contributed by atoms with Gasteiger partial charge in [0.05, 0.1) is 13.3 Å². The lowest BCUT2D eigenvalue weighted by molar-refractivity contribution is 0.0525. The van der Waals surface area contributed by atoms with E-state index in [2.05, 4.69) is 5.10 Å². The summed E-state index contributed by atoms with van der Waals surface area (Å²) in [5.74, 6) is 0.652. The molecule has 0 amide bonds. The van der Waals surface area contributed by atoms with Crippen LogP contribution in [-0.4, -0.2) is 22.0 Å². The number of hydrogen-bond donors (Lipinski definition) is 1. The number of aromatic nitrogens is 2. The van der Waals surface area contributed by atoms with Gasteiger partial charge in [0.1, 0.15) is 11.8 Å². The SMILES string of the molecule is CCn1ncc(OC)c1C(O)C(C)(C)C. The summed E-state index contributed by atoms with van der Waals surface area (Å²) in [5, 5.41) is 14.4. The summed E-state index contributed by atoms with van der Waals surface area (Å²) in [6.07, 6.45) is 1.07. The summed E-state index contributed by atoms with van der Waals surface area (Å²) in [4.78, 5) is 0. The Morgan fingerprint density at radius 1 is 1.53 bits per heavy atom. The second-order valence-corrected chi connectivity index (χ2v) is 4.68. The average molecular weight is 212 g/mol. The number of aliphatic hydroxyl groups is 1. The van der Waals surface area contributed by atoms with E-state index in [1.54, 1.807) is 18.0 Å². The molecule has 0 bridgehead atoms. The zero-order chi connectivity index (χ0) is 11.6. The van der Waals surface area contributed by atoms with Crippen LogP contribution in [0, 0.1) is 5.41 Å². The van der Waals surface area contributed by atoms with E-state index in [1.165, 1.54) is 0 Å². The molecule has 0 aliphatic rings. The first-order valence-corrected chi connectivity index (χ1v) is 5.19. The van der Waals surface area contributed by atoms with Gasteiger partial charge in [0.2, 0.25) is 0 Å². The van der Waals surface area contributed by atoms with Crippen molar-refractivity contribution in [3.63, 3.8) is 0 Å². The van der Waals surface area contributed by atoms with Crippen LogP contribution in [0.4, 0.5) is 0 Å². The quantitative estimate of drug-likeness (QED) is 0.833. The monoisotopic (exact) mass is 212 g/mol. The van der Waals surface area contributed by atoms with Gasteiger partial charge < -0.3 is 9.84 Å². The zero-order valence-corrected chi connectivity index (χ0v) is 10.1. The van der Waals surface area contributed by atoms with Crippen molar-refractivity contribution >= 4 is 0 Å². The van der Waals surface area contributed by atoms with Gasteiger partial charge in [-0.3, -0.25) is 4.68 Å². The van der Waals surface area contributed by atoms with Gasteiger partial charge in [-0.1, -0.05) is 20.8 Å². The second-order valence-electron chi connectivity index (χ2n) is 4.68. The number of nitrogens with zero attached hydrogens (tertiary/aromatic N) is 2. The molecule has 0 spiro atoms. The van der Waals surface area contributed by atoms with Crippen LogP contribution in [0.5, 0.6) is 5.75 Å². The van der Waals surface area contributed by atoms with E-state index in [1.807, 2.05) is 27.7 Å². The Kier molecular flexibility index (Phi) is 3.39. The molecule has 0 aliphatic heterocycles. The summed E-state index contributed by atoms with van der Waals surface area (Å²) in [6, 6.07) is 0. The fraction of sp³-hybridized carbons (Fsp3) is 0.727. The lowest BCUT2D eigenvalue weighted by Crippen LogP contribution is -2.21. The fourth-order valence-corrected chi connectivity index (χ4v) is 1.47. The maximum absolute atomic E-state index is 10.2. The van der Waals surface area contributed by atoms with E-state index in [-0.39, 0.29) is 5.41 Å². The molecule has 0 aromatic carbocycles. The van der Waals surface area contributed by atoms with Gasteiger partial charge in [-0.25, -0.2) is 0 Å². The predicted octanol–water partition coefficient (Wildman–Crippen LogP) is 1.99. The Labute approximate surface area is 90.9 Å². The molecule has 86 valence electrons. The van der Waals surface area contributed by atoms with E-state index in [9.17, 15) is 5.11 Å². The number of ether oxygens (including phenoxy) is 1. The number of hydrogen-bond acceptors (Lipinski definition) is 3.